The summed E-state index contributed by atoms with van der Waals surface area (Å²) in [5, 5.41) is 7.85. The number of carbonyl (C=O) groups excluding carboxylic acids is 1. The van der Waals surface area contributed by atoms with Crippen LogP contribution >= 0.6 is 0 Å². The van der Waals surface area contributed by atoms with E-state index in [0.717, 1.165) is 16.7 Å². The van der Waals surface area contributed by atoms with Gasteiger partial charge in [-0.05, 0) is 25.0 Å². The number of likely N-dealkylation sites (tertiary alicyclic amines) is 1. The number of nitrogen functional groups attached to an aromatic ring is 1. The molecule has 2 aliphatic rings. The van der Waals surface area contributed by atoms with Crippen LogP contribution in [0.15, 0.2) is 22.6 Å². The highest BCUT2D eigenvalue weighted by molar-refractivity contribution is 5.79. The van der Waals surface area contributed by atoms with E-state index in [1.807, 2.05) is 18.7 Å². The zero-order valence-corrected chi connectivity index (χ0v) is 14.5. The largest absolute Gasteiger partial charge is 0.407 e. The van der Waals surface area contributed by atoms with Gasteiger partial charge in [0.2, 0.25) is 11.8 Å². The van der Waals surface area contributed by atoms with Gasteiger partial charge in [-0.2, -0.15) is 0 Å². The van der Waals surface area contributed by atoms with E-state index in [1.54, 1.807) is 0 Å². The van der Waals surface area contributed by atoms with Crippen LogP contribution < -0.4 is 5.73 Å². The fourth-order valence-electron chi connectivity index (χ4n) is 3.93. The molecular formula is C18H22N4O3. The van der Waals surface area contributed by atoms with Crippen LogP contribution in [0, 0.1) is 19.8 Å². The molecule has 1 amide bonds. The maximum atomic E-state index is 12.9. The van der Waals surface area contributed by atoms with Crippen molar-refractivity contribution >= 4 is 11.9 Å². The maximum absolute atomic E-state index is 12.9. The van der Waals surface area contributed by atoms with E-state index in [-0.39, 0.29) is 17.8 Å². The minimum Gasteiger partial charge on any atom is -0.407 e. The smallest absolute Gasteiger partial charge is 0.312 e. The van der Waals surface area contributed by atoms with E-state index < -0.39 is 5.41 Å². The predicted molar refractivity (Wildman–Crippen MR) is 90.9 cm³/mol. The van der Waals surface area contributed by atoms with Crippen molar-refractivity contribution in [2.45, 2.75) is 25.7 Å². The number of aryl methyl sites for hydroxylation is 2. The summed E-state index contributed by atoms with van der Waals surface area (Å²) in [6, 6.07) is 6.26. The summed E-state index contributed by atoms with van der Waals surface area (Å²) in [5.74, 6) is 0.763. The van der Waals surface area contributed by atoms with Gasteiger partial charge in [0.15, 0.2) is 0 Å². The Morgan fingerprint density at radius 1 is 1.40 bits per heavy atom. The third kappa shape index (κ3) is 2.68. The van der Waals surface area contributed by atoms with Crippen molar-refractivity contribution in [1.82, 2.24) is 15.1 Å². The Morgan fingerprint density at radius 3 is 3.00 bits per heavy atom. The van der Waals surface area contributed by atoms with Gasteiger partial charge < -0.3 is 19.8 Å². The molecule has 2 aliphatic heterocycles. The Balaban J connectivity index is 1.55. The lowest BCUT2D eigenvalue weighted by Crippen LogP contribution is -2.38. The Labute approximate surface area is 146 Å². The normalized spacial score (nSPS) is 25.4. The molecule has 1 aromatic heterocycles. The maximum Gasteiger partial charge on any atom is 0.312 e. The molecule has 7 heteroatoms. The van der Waals surface area contributed by atoms with Crippen molar-refractivity contribution in [2.75, 3.05) is 32.0 Å². The summed E-state index contributed by atoms with van der Waals surface area (Å²) in [6.07, 6.45) is 0.406. The highest BCUT2D eigenvalue weighted by atomic mass is 16.5. The lowest BCUT2D eigenvalue weighted by atomic mass is 9.81. The number of amides is 1. The van der Waals surface area contributed by atoms with E-state index in [2.05, 4.69) is 28.4 Å². The van der Waals surface area contributed by atoms with E-state index >= 15 is 0 Å². The molecule has 2 fully saturated rings. The van der Waals surface area contributed by atoms with Crippen LogP contribution in [0.2, 0.25) is 0 Å². The molecule has 132 valence electrons. The lowest BCUT2D eigenvalue weighted by Gasteiger charge is -2.23. The number of nitrogens with zero attached hydrogens (tertiary/aromatic N) is 3. The first-order valence-corrected chi connectivity index (χ1v) is 8.49. The summed E-state index contributed by atoms with van der Waals surface area (Å²) in [7, 11) is 0. The number of anilines is 1. The number of rotatable bonds is 3. The first kappa shape index (κ1) is 16.1. The van der Waals surface area contributed by atoms with Gasteiger partial charge in [-0.25, -0.2) is 0 Å². The first-order valence-electron chi connectivity index (χ1n) is 8.49. The average Bonchev–Trinajstić information content (AvgIpc) is 3.24. The SMILES string of the molecule is Cc1ccc(C)c(CC(=O)N2C[C@H]3COC[C@@]3(c3nnc(N)o3)C2)c1. The number of hydrogen-bond donors (Lipinski definition) is 1. The molecule has 0 radical (unpaired) electrons. The summed E-state index contributed by atoms with van der Waals surface area (Å²) < 4.78 is 11.1. The van der Waals surface area contributed by atoms with Gasteiger partial charge in [0.1, 0.15) is 0 Å². The van der Waals surface area contributed by atoms with E-state index in [4.69, 9.17) is 14.9 Å². The number of nitrogens with two attached hydrogens (primary N) is 1. The number of fused-ring (bicyclic) bond motifs is 1. The highest BCUT2D eigenvalue weighted by Gasteiger charge is 2.56. The zero-order valence-electron chi connectivity index (χ0n) is 14.5. The van der Waals surface area contributed by atoms with Crippen LogP contribution in [-0.2, 0) is 21.4 Å². The molecule has 0 aliphatic carbocycles. The molecular weight excluding hydrogens is 320 g/mol. The molecule has 7 nitrogen and oxygen atoms in total. The number of carbonyl (C=O) groups is 1. The number of hydrogen-bond acceptors (Lipinski definition) is 6. The average molecular weight is 342 g/mol. The summed E-state index contributed by atoms with van der Waals surface area (Å²) in [6.45, 7) is 6.33. The van der Waals surface area contributed by atoms with Gasteiger partial charge in [-0.15, -0.1) is 5.10 Å². The van der Waals surface area contributed by atoms with E-state index in [9.17, 15) is 4.79 Å². The van der Waals surface area contributed by atoms with Gasteiger partial charge >= 0.3 is 6.01 Å². The number of benzene rings is 1. The third-order valence-electron chi connectivity index (χ3n) is 5.44. The second-order valence-corrected chi connectivity index (χ2v) is 7.19. The summed E-state index contributed by atoms with van der Waals surface area (Å²) in [4.78, 5) is 14.8. The van der Waals surface area contributed by atoms with Crippen molar-refractivity contribution in [3.05, 3.63) is 40.8 Å². The van der Waals surface area contributed by atoms with Gasteiger partial charge in [-0.3, -0.25) is 4.79 Å². The first-order chi connectivity index (χ1) is 12.0. The fraction of sp³-hybridized carbons (Fsp3) is 0.500. The lowest BCUT2D eigenvalue weighted by molar-refractivity contribution is -0.130. The Hall–Kier alpha value is -2.41. The molecule has 4 rings (SSSR count). The Kier molecular flexibility index (Phi) is 3.76. The van der Waals surface area contributed by atoms with E-state index in [0.29, 0.717) is 38.6 Å². The van der Waals surface area contributed by atoms with Gasteiger partial charge in [0, 0.05) is 19.0 Å². The van der Waals surface area contributed by atoms with Crippen LogP contribution in [-0.4, -0.2) is 47.3 Å². The van der Waals surface area contributed by atoms with Crippen molar-refractivity contribution in [3.63, 3.8) is 0 Å². The number of aromatic nitrogens is 2. The minimum absolute atomic E-state index is 0.0511. The molecule has 2 saturated heterocycles. The third-order valence-corrected chi connectivity index (χ3v) is 5.44. The highest BCUT2D eigenvalue weighted by Crippen LogP contribution is 2.43. The second kappa shape index (κ2) is 5.84. The fourth-order valence-corrected chi connectivity index (χ4v) is 3.93. The standard InChI is InChI=1S/C18H22N4O3/c1-11-3-4-12(2)13(5-11)6-15(23)22-7-14-8-24-10-18(14,9-22)16-20-21-17(19)25-16/h3-5,14H,6-10H2,1-2H3,(H2,19,21)/t14-,18-/m0/s1. The molecule has 0 unspecified atom stereocenters. The number of ether oxygens (including phenoxy) is 1. The summed E-state index contributed by atoms with van der Waals surface area (Å²) >= 11 is 0. The van der Waals surface area contributed by atoms with Gasteiger partial charge in [-0.1, -0.05) is 28.9 Å². The molecule has 2 N–H and O–H groups in total. The molecule has 25 heavy (non-hydrogen) atoms. The molecule has 1 aromatic carbocycles. The van der Waals surface area contributed by atoms with Crippen LogP contribution in [0.3, 0.4) is 0 Å². The minimum atomic E-state index is -0.429. The van der Waals surface area contributed by atoms with Crippen LogP contribution in [0.5, 0.6) is 0 Å². The van der Waals surface area contributed by atoms with Gasteiger partial charge in [0.25, 0.3) is 0 Å². The van der Waals surface area contributed by atoms with E-state index in [1.165, 1.54) is 0 Å². The van der Waals surface area contributed by atoms with Crippen LogP contribution in [0.4, 0.5) is 6.01 Å². The topological polar surface area (TPSA) is 94.5 Å². The van der Waals surface area contributed by atoms with Crippen LogP contribution in [0.1, 0.15) is 22.6 Å². The second-order valence-electron chi connectivity index (χ2n) is 7.19. The molecule has 2 atom stereocenters. The van der Waals surface area contributed by atoms with Crippen molar-refractivity contribution in [2.24, 2.45) is 5.92 Å². The Bertz CT molecular complexity index is 818. The molecule has 3 heterocycles. The van der Waals surface area contributed by atoms with Gasteiger partial charge in [0.05, 0.1) is 25.0 Å². The van der Waals surface area contributed by atoms with Crippen molar-refractivity contribution in [1.29, 1.82) is 0 Å². The molecule has 0 saturated carbocycles. The van der Waals surface area contributed by atoms with Crippen molar-refractivity contribution in [3.8, 4) is 0 Å². The van der Waals surface area contributed by atoms with Crippen molar-refractivity contribution < 1.29 is 13.9 Å². The zero-order chi connectivity index (χ0) is 17.6. The molecule has 0 spiro atoms. The monoisotopic (exact) mass is 342 g/mol. The Morgan fingerprint density at radius 2 is 2.24 bits per heavy atom. The van der Waals surface area contributed by atoms with Crippen LogP contribution in [0.25, 0.3) is 0 Å². The summed E-state index contributed by atoms with van der Waals surface area (Å²) in [5.41, 5.74) is 8.55. The quantitative estimate of drug-likeness (QED) is 0.902. The molecule has 0 bridgehead atoms. The predicted octanol–water partition coefficient (Wildman–Crippen LogP) is 1.24. The molecule has 2 aromatic rings.